The molecule has 0 unspecified atom stereocenters. The number of carbonyl (C=O) groups excluding carboxylic acids is 1. The average Bonchev–Trinajstić information content (AvgIpc) is 3.28. The summed E-state index contributed by atoms with van der Waals surface area (Å²) >= 11 is 5.96. The van der Waals surface area contributed by atoms with Crippen LogP contribution in [0.25, 0.3) is 0 Å². The molecule has 1 aromatic carbocycles. The van der Waals surface area contributed by atoms with Crippen LogP contribution in [0.5, 0.6) is 0 Å². The van der Waals surface area contributed by atoms with E-state index in [0.29, 0.717) is 29.8 Å². The van der Waals surface area contributed by atoms with Crippen molar-refractivity contribution in [2.45, 2.75) is 51.5 Å². The summed E-state index contributed by atoms with van der Waals surface area (Å²) in [6.07, 6.45) is 3.47. The normalized spacial score (nSPS) is 15.3. The molecule has 1 heterocycles. The van der Waals surface area contributed by atoms with Gasteiger partial charge in [-0.1, -0.05) is 35.8 Å². The van der Waals surface area contributed by atoms with E-state index in [1.807, 2.05) is 36.1 Å². The van der Waals surface area contributed by atoms with Crippen LogP contribution in [0.1, 0.15) is 50.4 Å². The lowest BCUT2D eigenvalue weighted by atomic mass is 9.94. The maximum Gasteiger partial charge on any atom is 0.233 e. The number of amides is 1. The summed E-state index contributed by atoms with van der Waals surface area (Å²) in [4.78, 5) is 19.3. The van der Waals surface area contributed by atoms with Crippen molar-refractivity contribution in [1.82, 2.24) is 15.0 Å². The zero-order valence-corrected chi connectivity index (χ0v) is 14.8. The third kappa shape index (κ3) is 3.31. The predicted octanol–water partition coefficient (Wildman–Crippen LogP) is 3.76. The van der Waals surface area contributed by atoms with Crippen molar-refractivity contribution in [2.75, 3.05) is 6.54 Å². The molecule has 0 radical (unpaired) electrons. The minimum absolute atomic E-state index is 0.133. The number of likely N-dealkylation sites (N-methyl/N-ethyl adjacent to an activating group) is 1. The fourth-order valence-corrected chi connectivity index (χ4v) is 3.12. The Labute approximate surface area is 147 Å². The zero-order valence-electron chi connectivity index (χ0n) is 14.1. The van der Waals surface area contributed by atoms with Crippen molar-refractivity contribution in [3.8, 4) is 0 Å². The van der Waals surface area contributed by atoms with Gasteiger partial charge in [0, 0.05) is 18.0 Å². The second-order valence-electron chi connectivity index (χ2n) is 6.26. The van der Waals surface area contributed by atoms with Gasteiger partial charge in [-0.2, -0.15) is 4.98 Å². The van der Waals surface area contributed by atoms with E-state index >= 15 is 0 Å². The summed E-state index contributed by atoms with van der Waals surface area (Å²) in [5, 5.41) is 4.68. The lowest BCUT2D eigenvalue weighted by molar-refractivity contribution is -0.134. The molecule has 1 amide bonds. The minimum Gasteiger partial charge on any atom is -0.339 e. The first-order valence-corrected chi connectivity index (χ1v) is 8.83. The highest BCUT2D eigenvalue weighted by Gasteiger charge is 2.52. The number of carbonyl (C=O) groups is 1. The van der Waals surface area contributed by atoms with Gasteiger partial charge in [0.25, 0.3) is 0 Å². The van der Waals surface area contributed by atoms with Gasteiger partial charge in [0.05, 0.1) is 12.0 Å². The SMILES string of the molecule is CCCc1nc(CN(CC)C(=O)C2(c3ccc(Cl)cc3)CC2)no1. The molecular weight excluding hydrogens is 326 g/mol. The Kier molecular flexibility index (Phi) is 4.90. The van der Waals surface area contributed by atoms with Gasteiger partial charge < -0.3 is 9.42 Å². The highest BCUT2D eigenvalue weighted by molar-refractivity contribution is 6.30. The monoisotopic (exact) mass is 347 g/mol. The Bertz CT molecular complexity index is 707. The van der Waals surface area contributed by atoms with Gasteiger partial charge in [0.1, 0.15) is 0 Å². The van der Waals surface area contributed by atoms with Crippen LogP contribution >= 0.6 is 11.6 Å². The molecule has 3 rings (SSSR count). The van der Waals surface area contributed by atoms with Crippen molar-refractivity contribution in [3.05, 3.63) is 46.6 Å². The molecular formula is C18H22ClN3O2. The van der Waals surface area contributed by atoms with Crippen LogP contribution in [0.2, 0.25) is 5.02 Å². The van der Waals surface area contributed by atoms with Crippen LogP contribution < -0.4 is 0 Å². The van der Waals surface area contributed by atoms with Crippen LogP contribution in [0.15, 0.2) is 28.8 Å². The minimum atomic E-state index is -0.406. The molecule has 1 aliphatic rings. The lowest BCUT2D eigenvalue weighted by Gasteiger charge is -2.25. The first-order valence-electron chi connectivity index (χ1n) is 8.46. The van der Waals surface area contributed by atoms with Crippen molar-refractivity contribution in [3.63, 3.8) is 0 Å². The topological polar surface area (TPSA) is 59.2 Å². The number of nitrogens with zero attached hydrogens (tertiary/aromatic N) is 3. The van der Waals surface area contributed by atoms with Crippen LogP contribution in [0.3, 0.4) is 0 Å². The molecule has 1 fully saturated rings. The van der Waals surface area contributed by atoms with Crippen LogP contribution in [-0.4, -0.2) is 27.5 Å². The van der Waals surface area contributed by atoms with E-state index in [1.54, 1.807) is 0 Å². The van der Waals surface area contributed by atoms with Gasteiger partial charge in [-0.25, -0.2) is 0 Å². The number of hydrogen-bond donors (Lipinski definition) is 0. The fraction of sp³-hybridized carbons (Fsp3) is 0.500. The standard InChI is InChI=1S/C18H22ClN3O2/c1-3-5-16-20-15(21-24-16)12-22(4-2)17(23)18(10-11-18)13-6-8-14(19)9-7-13/h6-9H,3-5,10-12H2,1-2H3. The quantitative estimate of drug-likeness (QED) is 0.765. The molecule has 0 spiro atoms. The molecule has 128 valence electrons. The summed E-state index contributed by atoms with van der Waals surface area (Å²) in [7, 11) is 0. The summed E-state index contributed by atoms with van der Waals surface area (Å²) < 4.78 is 5.22. The molecule has 6 heteroatoms. The molecule has 0 aliphatic heterocycles. The first-order chi connectivity index (χ1) is 11.6. The largest absolute Gasteiger partial charge is 0.339 e. The zero-order chi connectivity index (χ0) is 17.2. The van der Waals surface area contributed by atoms with E-state index in [2.05, 4.69) is 17.1 Å². The van der Waals surface area contributed by atoms with Crippen LogP contribution in [0.4, 0.5) is 0 Å². The molecule has 1 saturated carbocycles. The van der Waals surface area contributed by atoms with E-state index in [0.717, 1.165) is 31.2 Å². The van der Waals surface area contributed by atoms with Crippen LogP contribution in [-0.2, 0) is 23.2 Å². The molecule has 0 N–H and O–H groups in total. The summed E-state index contributed by atoms with van der Waals surface area (Å²) in [5.41, 5.74) is 0.631. The fourth-order valence-electron chi connectivity index (χ4n) is 2.99. The maximum atomic E-state index is 13.1. The van der Waals surface area contributed by atoms with E-state index < -0.39 is 5.41 Å². The third-order valence-electron chi connectivity index (χ3n) is 4.53. The second-order valence-corrected chi connectivity index (χ2v) is 6.70. The Morgan fingerprint density at radius 1 is 1.29 bits per heavy atom. The van der Waals surface area contributed by atoms with E-state index in [4.69, 9.17) is 16.1 Å². The number of benzene rings is 1. The highest BCUT2D eigenvalue weighted by Crippen LogP contribution is 2.49. The van der Waals surface area contributed by atoms with E-state index in [1.165, 1.54) is 0 Å². The van der Waals surface area contributed by atoms with Gasteiger partial charge in [-0.3, -0.25) is 4.79 Å². The molecule has 0 atom stereocenters. The average molecular weight is 348 g/mol. The summed E-state index contributed by atoms with van der Waals surface area (Å²) in [5.74, 6) is 1.34. The molecule has 0 saturated heterocycles. The molecule has 0 bridgehead atoms. The Hall–Kier alpha value is -1.88. The smallest absolute Gasteiger partial charge is 0.233 e. The third-order valence-corrected chi connectivity index (χ3v) is 4.78. The highest BCUT2D eigenvalue weighted by atomic mass is 35.5. The van der Waals surface area contributed by atoms with E-state index in [-0.39, 0.29) is 5.91 Å². The van der Waals surface area contributed by atoms with Crippen molar-refractivity contribution in [2.24, 2.45) is 0 Å². The van der Waals surface area contributed by atoms with Crippen molar-refractivity contribution >= 4 is 17.5 Å². The Balaban J connectivity index is 1.75. The number of aromatic nitrogens is 2. The number of hydrogen-bond acceptors (Lipinski definition) is 4. The molecule has 1 aromatic heterocycles. The van der Waals surface area contributed by atoms with Gasteiger partial charge >= 0.3 is 0 Å². The predicted molar refractivity (Wildman–Crippen MR) is 91.7 cm³/mol. The summed E-state index contributed by atoms with van der Waals surface area (Å²) in [6, 6.07) is 7.59. The van der Waals surface area contributed by atoms with Crippen molar-refractivity contribution < 1.29 is 9.32 Å². The second kappa shape index (κ2) is 6.93. The van der Waals surface area contributed by atoms with Gasteiger partial charge in [0.2, 0.25) is 11.8 Å². The maximum absolute atomic E-state index is 13.1. The Morgan fingerprint density at radius 2 is 2.00 bits per heavy atom. The number of aryl methyl sites for hydroxylation is 1. The molecule has 5 nitrogen and oxygen atoms in total. The molecule has 2 aromatic rings. The first kappa shape index (κ1) is 17.0. The lowest BCUT2D eigenvalue weighted by Crippen LogP contribution is -2.39. The van der Waals surface area contributed by atoms with Gasteiger partial charge in [-0.05, 0) is 43.9 Å². The number of halogens is 1. The van der Waals surface area contributed by atoms with Crippen molar-refractivity contribution in [1.29, 1.82) is 0 Å². The van der Waals surface area contributed by atoms with Gasteiger partial charge in [0.15, 0.2) is 5.82 Å². The summed E-state index contributed by atoms with van der Waals surface area (Å²) in [6.45, 7) is 5.04. The Morgan fingerprint density at radius 3 is 2.58 bits per heavy atom. The van der Waals surface area contributed by atoms with Crippen LogP contribution in [0, 0.1) is 0 Å². The molecule has 1 aliphatic carbocycles. The van der Waals surface area contributed by atoms with E-state index in [9.17, 15) is 4.79 Å². The van der Waals surface area contributed by atoms with Gasteiger partial charge in [-0.15, -0.1) is 0 Å². The molecule has 24 heavy (non-hydrogen) atoms. The number of rotatable bonds is 7.